The van der Waals surface area contributed by atoms with Crippen LogP contribution in [-0.4, -0.2) is 24.7 Å². The number of fused-ring (bicyclic) bond motifs is 1. The molecule has 0 spiro atoms. The van der Waals surface area contributed by atoms with Crippen LogP contribution in [0.5, 0.6) is 17.2 Å². The van der Waals surface area contributed by atoms with Crippen LogP contribution in [-0.2, 0) is 4.79 Å². The van der Waals surface area contributed by atoms with Gasteiger partial charge in [0.05, 0.1) is 13.2 Å². The van der Waals surface area contributed by atoms with E-state index in [1.165, 1.54) is 0 Å². The van der Waals surface area contributed by atoms with Crippen LogP contribution in [0.2, 0.25) is 0 Å². The van der Waals surface area contributed by atoms with Gasteiger partial charge in [0.25, 0.3) is 5.91 Å². The van der Waals surface area contributed by atoms with E-state index >= 15 is 0 Å². The van der Waals surface area contributed by atoms with Crippen molar-refractivity contribution in [3.63, 3.8) is 0 Å². The average Bonchev–Trinajstić information content (AvgIpc) is 2.66. The van der Waals surface area contributed by atoms with Gasteiger partial charge in [-0.15, -0.1) is 0 Å². The molecule has 0 bridgehead atoms. The summed E-state index contributed by atoms with van der Waals surface area (Å²) in [5.41, 5.74) is 2.75. The number of nitrogens with one attached hydrogen (secondary N) is 1. The highest BCUT2D eigenvalue weighted by Crippen LogP contribution is 2.41. The zero-order valence-corrected chi connectivity index (χ0v) is 19.0. The second kappa shape index (κ2) is 8.58. The molecule has 0 unspecified atom stereocenters. The maximum atomic E-state index is 13.0. The van der Waals surface area contributed by atoms with E-state index in [0.717, 1.165) is 33.9 Å². The Morgan fingerprint density at radius 2 is 1.90 bits per heavy atom. The van der Waals surface area contributed by atoms with Crippen LogP contribution >= 0.6 is 0 Å². The molecule has 3 rings (SSSR count). The number of hydrogen-bond acceptors (Lipinski definition) is 4. The van der Waals surface area contributed by atoms with Gasteiger partial charge in [-0.1, -0.05) is 26.0 Å². The minimum atomic E-state index is -0.621. The van der Waals surface area contributed by atoms with Crippen LogP contribution in [0.1, 0.15) is 69.7 Å². The van der Waals surface area contributed by atoms with Gasteiger partial charge in [0.2, 0.25) is 0 Å². The SMILES string of the molecule is COc1ccc2c(c1)[C@H](NC(=O)[C@H](C)Oc1cc(C)ccc1C(C)C)CC(C)(C)O2. The minimum absolute atomic E-state index is 0.150. The summed E-state index contributed by atoms with van der Waals surface area (Å²) in [5, 5.41) is 3.17. The molecule has 0 fully saturated rings. The van der Waals surface area contributed by atoms with Crippen molar-refractivity contribution in [2.24, 2.45) is 0 Å². The molecule has 0 saturated carbocycles. The predicted octanol–water partition coefficient (Wildman–Crippen LogP) is 5.31. The van der Waals surface area contributed by atoms with Gasteiger partial charge in [-0.2, -0.15) is 0 Å². The van der Waals surface area contributed by atoms with Gasteiger partial charge in [-0.3, -0.25) is 4.79 Å². The highest BCUT2D eigenvalue weighted by Gasteiger charge is 2.35. The standard InChI is InChI=1S/C25H33NO4/c1-15(2)19-10-8-16(3)12-23(19)29-17(4)24(27)26-21-14-25(5,6)30-22-11-9-18(28-7)13-20(21)22/h8-13,15,17,21H,14H2,1-7H3,(H,26,27)/t17-,21+/m0/s1. The van der Waals surface area contributed by atoms with E-state index < -0.39 is 6.10 Å². The molecule has 162 valence electrons. The molecule has 0 saturated heterocycles. The Kier molecular flexibility index (Phi) is 6.30. The normalized spacial score (nSPS) is 18.2. The van der Waals surface area contributed by atoms with Gasteiger partial charge >= 0.3 is 0 Å². The molecule has 2 aromatic rings. The maximum absolute atomic E-state index is 13.0. The summed E-state index contributed by atoms with van der Waals surface area (Å²) in [6.45, 7) is 12.1. The monoisotopic (exact) mass is 411 g/mol. The molecular weight excluding hydrogens is 378 g/mol. The number of aryl methyl sites for hydroxylation is 1. The molecule has 1 aliphatic rings. The lowest BCUT2D eigenvalue weighted by Crippen LogP contribution is -2.44. The van der Waals surface area contributed by atoms with Gasteiger partial charge in [0.15, 0.2) is 6.10 Å². The lowest BCUT2D eigenvalue weighted by Gasteiger charge is -2.38. The topological polar surface area (TPSA) is 56.8 Å². The first-order valence-electron chi connectivity index (χ1n) is 10.5. The summed E-state index contributed by atoms with van der Waals surface area (Å²) in [4.78, 5) is 13.0. The van der Waals surface area contributed by atoms with Gasteiger partial charge in [-0.25, -0.2) is 0 Å². The summed E-state index contributed by atoms with van der Waals surface area (Å²) in [5.74, 6) is 2.44. The number of amides is 1. The first-order chi connectivity index (χ1) is 14.1. The van der Waals surface area contributed by atoms with Crippen LogP contribution in [0.4, 0.5) is 0 Å². The first kappa shape index (κ1) is 22.0. The number of ether oxygens (including phenoxy) is 3. The van der Waals surface area contributed by atoms with Crippen molar-refractivity contribution in [2.75, 3.05) is 7.11 Å². The molecule has 5 nitrogen and oxygen atoms in total. The number of carbonyl (C=O) groups excluding carboxylic acids is 1. The second-order valence-corrected chi connectivity index (χ2v) is 8.99. The van der Waals surface area contributed by atoms with Gasteiger partial charge < -0.3 is 19.5 Å². The number of hydrogen-bond donors (Lipinski definition) is 1. The smallest absolute Gasteiger partial charge is 0.261 e. The molecule has 0 aromatic heterocycles. The van der Waals surface area contributed by atoms with E-state index in [2.05, 4.69) is 31.3 Å². The third-order valence-corrected chi connectivity index (χ3v) is 5.45. The molecule has 2 atom stereocenters. The molecule has 2 aromatic carbocycles. The third kappa shape index (κ3) is 4.89. The highest BCUT2D eigenvalue weighted by atomic mass is 16.5. The molecule has 1 aliphatic heterocycles. The molecule has 0 aliphatic carbocycles. The van der Waals surface area contributed by atoms with Crippen LogP contribution < -0.4 is 19.5 Å². The third-order valence-electron chi connectivity index (χ3n) is 5.45. The van der Waals surface area contributed by atoms with Crippen LogP contribution in [0.15, 0.2) is 36.4 Å². The lowest BCUT2D eigenvalue weighted by atomic mass is 9.89. The highest BCUT2D eigenvalue weighted by molar-refractivity contribution is 5.81. The molecule has 0 radical (unpaired) electrons. The number of carbonyl (C=O) groups is 1. The van der Waals surface area contributed by atoms with Crippen molar-refractivity contribution in [3.8, 4) is 17.2 Å². The van der Waals surface area contributed by atoms with Crippen molar-refractivity contribution in [3.05, 3.63) is 53.1 Å². The van der Waals surface area contributed by atoms with E-state index in [4.69, 9.17) is 14.2 Å². The molecule has 1 N–H and O–H groups in total. The minimum Gasteiger partial charge on any atom is -0.497 e. The maximum Gasteiger partial charge on any atom is 0.261 e. The molecule has 30 heavy (non-hydrogen) atoms. The molecule has 1 heterocycles. The Hall–Kier alpha value is -2.69. The average molecular weight is 412 g/mol. The van der Waals surface area contributed by atoms with E-state index in [9.17, 15) is 4.79 Å². The zero-order chi connectivity index (χ0) is 22.1. The molecule has 5 heteroatoms. The molecule has 1 amide bonds. The van der Waals surface area contributed by atoms with Crippen molar-refractivity contribution < 1.29 is 19.0 Å². The Morgan fingerprint density at radius 1 is 1.17 bits per heavy atom. The summed E-state index contributed by atoms with van der Waals surface area (Å²) in [7, 11) is 1.63. The number of rotatable bonds is 6. The Bertz CT molecular complexity index is 919. The zero-order valence-electron chi connectivity index (χ0n) is 19.0. The van der Waals surface area contributed by atoms with Crippen molar-refractivity contribution in [1.29, 1.82) is 0 Å². The summed E-state index contributed by atoms with van der Waals surface area (Å²) < 4.78 is 17.6. The fraction of sp³-hybridized carbons (Fsp3) is 0.480. The van der Waals surface area contributed by atoms with E-state index in [1.54, 1.807) is 14.0 Å². The summed E-state index contributed by atoms with van der Waals surface area (Å²) in [6, 6.07) is 11.7. The van der Waals surface area contributed by atoms with Crippen LogP contribution in [0, 0.1) is 6.92 Å². The summed E-state index contributed by atoms with van der Waals surface area (Å²) in [6.07, 6.45) is 0.0390. The van der Waals surface area contributed by atoms with Crippen molar-refractivity contribution >= 4 is 5.91 Å². The fourth-order valence-electron chi connectivity index (χ4n) is 3.84. The second-order valence-electron chi connectivity index (χ2n) is 8.99. The van der Waals surface area contributed by atoms with Crippen LogP contribution in [0.25, 0.3) is 0 Å². The predicted molar refractivity (Wildman–Crippen MR) is 119 cm³/mol. The lowest BCUT2D eigenvalue weighted by molar-refractivity contribution is -0.128. The van der Waals surface area contributed by atoms with E-state index in [0.29, 0.717) is 12.3 Å². The first-order valence-corrected chi connectivity index (χ1v) is 10.5. The van der Waals surface area contributed by atoms with Crippen molar-refractivity contribution in [1.82, 2.24) is 5.32 Å². The fourth-order valence-corrected chi connectivity index (χ4v) is 3.84. The van der Waals surface area contributed by atoms with E-state index in [-0.39, 0.29) is 17.6 Å². The van der Waals surface area contributed by atoms with Gasteiger partial charge in [0.1, 0.15) is 22.8 Å². The number of benzene rings is 2. The quantitative estimate of drug-likeness (QED) is 0.700. The Balaban J connectivity index is 1.80. The molecular formula is C25H33NO4. The number of methoxy groups -OCH3 is 1. The van der Waals surface area contributed by atoms with Crippen LogP contribution in [0.3, 0.4) is 0 Å². The Morgan fingerprint density at radius 3 is 2.57 bits per heavy atom. The van der Waals surface area contributed by atoms with Crippen molar-refractivity contribution in [2.45, 2.75) is 71.6 Å². The summed E-state index contributed by atoms with van der Waals surface area (Å²) >= 11 is 0. The van der Waals surface area contributed by atoms with E-state index in [1.807, 2.05) is 45.0 Å². The van der Waals surface area contributed by atoms with Gasteiger partial charge in [0, 0.05) is 12.0 Å². The Labute approximate surface area is 179 Å². The largest absolute Gasteiger partial charge is 0.497 e. The van der Waals surface area contributed by atoms with Gasteiger partial charge in [-0.05, 0) is 69.0 Å².